The predicted molar refractivity (Wildman–Crippen MR) is 66.5 cm³/mol. The van der Waals surface area contributed by atoms with E-state index >= 15 is 0 Å². The Labute approximate surface area is 103 Å². The summed E-state index contributed by atoms with van der Waals surface area (Å²) in [7, 11) is 1.86. The van der Waals surface area contributed by atoms with Gasteiger partial charge in [-0.05, 0) is 11.4 Å². The van der Waals surface area contributed by atoms with Crippen LogP contribution in [0.2, 0.25) is 0 Å². The fourth-order valence-corrected chi connectivity index (χ4v) is 2.61. The zero-order valence-corrected chi connectivity index (χ0v) is 10.3. The first-order chi connectivity index (χ1) is 8.38. The molecule has 1 aliphatic heterocycles. The molecule has 3 rings (SSSR count). The van der Waals surface area contributed by atoms with E-state index in [1.54, 1.807) is 11.3 Å². The first kappa shape index (κ1) is 10.9. The van der Waals surface area contributed by atoms with Gasteiger partial charge in [0, 0.05) is 7.05 Å². The lowest BCUT2D eigenvalue weighted by atomic mass is 10.3. The van der Waals surface area contributed by atoms with E-state index in [1.165, 1.54) is 0 Å². The normalized spacial score (nSPS) is 20.6. The van der Waals surface area contributed by atoms with Crippen LogP contribution in [0.5, 0.6) is 0 Å². The Balaban J connectivity index is 2.03. The third-order valence-electron chi connectivity index (χ3n) is 2.68. The lowest BCUT2D eigenvalue weighted by Gasteiger charge is -2.22. The standard InChI is InChI=1S/C11H13N3O2S/c1-12-9-7-2-5-17-11(7)14-10(13-9)8-6-15-3-4-16-8/h2,5,8H,3-4,6H2,1H3,(H,12,13,14). The molecule has 1 unspecified atom stereocenters. The number of thiophene rings is 1. The molecule has 0 spiro atoms. The Kier molecular flexibility index (Phi) is 2.92. The van der Waals surface area contributed by atoms with Crippen molar-refractivity contribution in [1.29, 1.82) is 0 Å². The van der Waals surface area contributed by atoms with E-state index in [4.69, 9.17) is 9.47 Å². The molecule has 0 radical (unpaired) electrons. The van der Waals surface area contributed by atoms with E-state index in [2.05, 4.69) is 15.3 Å². The minimum atomic E-state index is -0.151. The number of fused-ring (bicyclic) bond motifs is 1. The van der Waals surface area contributed by atoms with Crippen molar-refractivity contribution in [2.24, 2.45) is 0 Å². The lowest BCUT2D eigenvalue weighted by molar-refractivity contribution is -0.0933. The van der Waals surface area contributed by atoms with Crippen LogP contribution in [-0.4, -0.2) is 36.8 Å². The average molecular weight is 251 g/mol. The van der Waals surface area contributed by atoms with E-state index in [-0.39, 0.29) is 6.10 Å². The van der Waals surface area contributed by atoms with E-state index in [0.717, 1.165) is 16.0 Å². The van der Waals surface area contributed by atoms with Gasteiger partial charge in [0.2, 0.25) is 0 Å². The molecule has 3 heterocycles. The number of aromatic nitrogens is 2. The Morgan fingerprint density at radius 2 is 2.35 bits per heavy atom. The van der Waals surface area contributed by atoms with Crippen LogP contribution in [0.25, 0.3) is 10.2 Å². The van der Waals surface area contributed by atoms with Crippen LogP contribution >= 0.6 is 11.3 Å². The zero-order chi connectivity index (χ0) is 11.7. The second-order valence-electron chi connectivity index (χ2n) is 3.75. The fraction of sp³-hybridized carbons (Fsp3) is 0.455. The highest BCUT2D eigenvalue weighted by atomic mass is 32.1. The second-order valence-corrected chi connectivity index (χ2v) is 4.65. The highest BCUT2D eigenvalue weighted by molar-refractivity contribution is 7.16. The SMILES string of the molecule is CNc1nc(C2COCCO2)nc2sccc12. The molecule has 0 aliphatic carbocycles. The Morgan fingerprint density at radius 3 is 3.12 bits per heavy atom. The molecule has 1 fully saturated rings. The topological polar surface area (TPSA) is 56.3 Å². The molecule has 2 aromatic rings. The number of anilines is 1. The summed E-state index contributed by atoms with van der Waals surface area (Å²) in [5, 5.41) is 6.16. The van der Waals surface area contributed by atoms with Gasteiger partial charge >= 0.3 is 0 Å². The van der Waals surface area contributed by atoms with Gasteiger partial charge in [-0.15, -0.1) is 11.3 Å². The average Bonchev–Trinajstić information content (AvgIpc) is 2.86. The van der Waals surface area contributed by atoms with Gasteiger partial charge in [0.05, 0.1) is 25.2 Å². The van der Waals surface area contributed by atoms with Crippen LogP contribution in [0.4, 0.5) is 5.82 Å². The smallest absolute Gasteiger partial charge is 0.163 e. The third kappa shape index (κ3) is 1.99. The van der Waals surface area contributed by atoms with Crippen molar-refractivity contribution in [2.45, 2.75) is 6.10 Å². The molecule has 1 N–H and O–H groups in total. The molecule has 1 atom stereocenters. The Morgan fingerprint density at radius 1 is 1.41 bits per heavy atom. The van der Waals surface area contributed by atoms with E-state index in [0.29, 0.717) is 25.6 Å². The molecular formula is C11H13N3O2S. The lowest BCUT2D eigenvalue weighted by Crippen LogP contribution is -2.23. The zero-order valence-electron chi connectivity index (χ0n) is 9.47. The molecule has 90 valence electrons. The summed E-state index contributed by atoms with van der Waals surface area (Å²) < 4.78 is 11.0. The highest BCUT2D eigenvalue weighted by Gasteiger charge is 2.21. The molecule has 0 bridgehead atoms. The molecule has 1 saturated heterocycles. The van der Waals surface area contributed by atoms with Gasteiger partial charge in [0.25, 0.3) is 0 Å². The number of nitrogens with one attached hydrogen (secondary N) is 1. The number of ether oxygens (including phenoxy) is 2. The van der Waals surface area contributed by atoms with Gasteiger partial charge in [-0.25, -0.2) is 9.97 Å². The van der Waals surface area contributed by atoms with Crippen molar-refractivity contribution in [2.75, 3.05) is 32.2 Å². The van der Waals surface area contributed by atoms with Crippen molar-refractivity contribution in [1.82, 2.24) is 9.97 Å². The monoisotopic (exact) mass is 251 g/mol. The van der Waals surface area contributed by atoms with Gasteiger partial charge in [-0.3, -0.25) is 0 Å². The maximum absolute atomic E-state index is 5.62. The Bertz CT molecular complexity index is 522. The van der Waals surface area contributed by atoms with E-state index in [9.17, 15) is 0 Å². The summed E-state index contributed by atoms with van der Waals surface area (Å²) in [4.78, 5) is 10.0. The minimum absolute atomic E-state index is 0.151. The minimum Gasteiger partial charge on any atom is -0.376 e. The van der Waals surface area contributed by atoms with Crippen LogP contribution < -0.4 is 5.32 Å². The van der Waals surface area contributed by atoms with Gasteiger partial charge in [0.1, 0.15) is 16.8 Å². The van der Waals surface area contributed by atoms with Gasteiger partial charge in [-0.1, -0.05) is 0 Å². The van der Waals surface area contributed by atoms with Crippen LogP contribution in [0.3, 0.4) is 0 Å². The summed E-state index contributed by atoms with van der Waals surface area (Å²) in [6.45, 7) is 1.78. The van der Waals surface area contributed by atoms with E-state index in [1.807, 2.05) is 18.5 Å². The largest absolute Gasteiger partial charge is 0.376 e. The number of hydrogen-bond donors (Lipinski definition) is 1. The first-order valence-corrected chi connectivity index (χ1v) is 6.38. The number of nitrogens with zero attached hydrogens (tertiary/aromatic N) is 2. The van der Waals surface area contributed by atoms with Crippen molar-refractivity contribution in [3.8, 4) is 0 Å². The molecular weight excluding hydrogens is 238 g/mol. The maximum Gasteiger partial charge on any atom is 0.163 e. The summed E-state index contributed by atoms with van der Waals surface area (Å²) >= 11 is 1.61. The highest BCUT2D eigenvalue weighted by Crippen LogP contribution is 2.27. The first-order valence-electron chi connectivity index (χ1n) is 5.50. The predicted octanol–water partition coefficient (Wildman–Crippen LogP) is 1.82. The molecule has 0 amide bonds. The molecule has 2 aromatic heterocycles. The second kappa shape index (κ2) is 4.56. The molecule has 0 aromatic carbocycles. The quantitative estimate of drug-likeness (QED) is 0.882. The Hall–Kier alpha value is -1.24. The fourth-order valence-electron chi connectivity index (χ4n) is 1.84. The van der Waals surface area contributed by atoms with Crippen molar-refractivity contribution >= 4 is 27.4 Å². The van der Waals surface area contributed by atoms with Gasteiger partial charge in [-0.2, -0.15) is 0 Å². The van der Waals surface area contributed by atoms with Crippen LogP contribution in [0, 0.1) is 0 Å². The van der Waals surface area contributed by atoms with E-state index < -0.39 is 0 Å². The summed E-state index contributed by atoms with van der Waals surface area (Å²) in [5.74, 6) is 1.55. The van der Waals surface area contributed by atoms with Crippen LogP contribution in [-0.2, 0) is 9.47 Å². The summed E-state index contributed by atoms with van der Waals surface area (Å²) in [5.41, 5.74) is 0. The van der Waals surface area contributed by atoms with Crippen LogP contribution in [0.15, 0.2) is 11.4 Å². The summed E-state index contributed by atoms with van der Waals surface area (Å²) in [6, 6.07) is 2.02. The molecule has 17 heavy (non-hydrogen) atoms. The van der Waals surface area contributed by atoms with Gasteiger partial charge in [0.15, 0.2) is 5.82 Å². The van der Waals surface area contributed by atoms with Gasteiger partial charge < -0.3 is 14.8 Å². The number of hydrogen-bond acceptors (Lipinski definition) is 6. The molecule has 1 aliphatic rings. The molecule has 5 nitrogen and oxygen atoms in total. The molecule has 0 saturated carbocycles. The van der Waals surface area contributed by atoms with Crippen LogP contribution in [0.1, 0.15) is 11.9 Å². The third-order valence-corrected chi connectivity index (χ3v) is 3.49. The van der Waals surface area contributed by atoms with Crippen molar-refractivity contribution in [3.63, 3.8) is 0 Å². The number of rotatable bonds is 2. The van der Waals surface area contributed by atoms with Crippen molar-refractivity contribution < 1.29 is 9.47 Å². The maximum atomic E-state index is 5.62. The summed E-state index contributed by atoms with van der Waals surface area (Å²) in [6.07, 6.45) is -0.151. The molecule has 6 heteroatoms. The van der Waals surface area contributed by atoms with Crippen molar-refractivity contribution in [3.05, 3.63) is 17.3 Å².